The summed E-state index contributed by atoms with van der Waals surface area (Å²) in [5.74, 6) is -0.317. The van der Waals surface area contributed by atoms with Crippen LogP contribution in [0.3, 0.4) is 0 Å². The lowest BCUT2D eigenvalue weighted by Gasteiger charge is -2.16. The van der Waals surface area contributed by atoms with Crippen molar-refractivity contribution in [2.75, 3.05) is 5.32 Å². The van der Waals surface area contributed by atoms with Crippen LogP contribution in [-0.4, -0.2) is 20.4 Å². The van der Waals surface area contributed by atoms with Crippen LogP contribution in [0.15, 0.2) is 47.7 Å². The van der Waals surface area contributed by atoms with Crippen LogP contribution >= 0.6 is 22.9 Å². The van der Waals surface area contributed by atoms with Gasteiger partial charge in [-0.05, 0) is 43.7 Å². The third kappa shape index (κ3) is 3.09. The number of halogens is 1. The van der Waals surface area contributed by atoms with E-state index < -0.39 is 6.04 Å². The number of pyridine rings is 1. The maximum absolute atomic E-state index is 12.9. The number of anilines is 1. The summed E-state index contributed by atoms with van der Waals surface area (Å²) in [4.78, 5) is 35.0. The number of nitrogens with one attached hydrogen (secondary N) is 1. The van der Waals surface area contributed by atoms with E-state index in [0.717, 1.165) is 15.8 Å². The number of amides is 1. The number of hydrogen-bond donors (Lipinski definition) is 1. The molecule has 0 radical (unpaired) electrons. The molecule has 4 aromatic rings. The lowest BCUT2D eigenvalue weighted by atomic mass is 10.2. The van der Waals surface area contributed by atoms with E-state index in [9.17, 15) is 9.59 Å². The van der Waals surface area contributed by atoms with Gasteiger partial charge in [0.2, 0.25) is 5.91 Å². The Hall–Kier alpha value is -2.77. The number of carbonyl (C=O) groups is 1. The first-order chi connectivity index (χ1) is 13.0. The van der Waals surface area contributed by atoms with E-state index in [1.165, 1.54) is 22.2 Å². The highest BCUT2D eigenvalue weighted by atomic mass is 35.5. The molecular formula is C19H15ClN4O2S. The monoisotopic (exact) mass is 398 g/mol. The number of hydrogen-bond acceptors (Lipinski definition) is 5. The molecule has 0 saturated heterocycles. The van der Waals surface area contributed by atoms with Crippen LogP contribution in [0.25, 0.3) is 20.4 Å². The second-order valence-corrected chi connectivity index (χ2v) is 7.65. The Morgan fingerprint density at radius 1 is 1.30 bits per heavy atom. The predicted octanol–water partition coefficient (Wildman–Crippen LogP) is 4.17. The number of fused-ring (bicyclic) bond motifs is 3. The van der Waals surface area contributed by atoms with Gasteiger partial charge in [0, 0.05) is 22.3 Å². The smallest absolute Gasteiger partial charge is 0.272 e. The van der Waals surface area contributed by atoms with Gasteiger partial charge in [-0.3, -0.25) is 14.2 Å². The van der Waals surface area contributed by atoms with Gasteiger partial charge in [-0.25, -0.2) is 9.97 Å². The summed E-state index contributed by atoms with van der Waals surface area (Å²) < 4.78 is 1.83. The van der Waals surface area contributed by atoms with Crippen molar-refractivity contribution in [3.63, 3.8) is 0 Å². The molecule has 0 fully saturated rings. The largest absolute Gasteiger partial charge is 0.324 e. The van der Waals surface area contributed by atoms with Gasteiger partial charge in [-0.2, -0.15) is 0 Å². The molecule has 0 bridgehead atoms. The highest BCUT2D eigenvalue weighted by Crippen LogP contribution is 2.28. The van der Waals surface area contributed by atoms with E-state index in [1.807, 2.05) is 25.1 Å². The maximum Gasteiger partial charge on any atom is 0.272 e. The van der Waals surface area contributed by atoms with Crippen LogP contribution in [0, 0.1) is 6.92 Å². The van der Waals surface area contributed by atoms with E-state index in [2.05, 4.69) is 15.3 Å². The molecule has 0 unspecified atom stereocenters. The van der Waals surface area contributed by atoms with E-state index in [1.54, 1.807) is 25.3 Å². The third-order valence-electron chi connectivity index (χ3n) is 4.43. The number of rotatable bonds is 3. The fourth-order valence-corrected chi connectivity index (χ4v) is 4.06. The van der Waals surface area contributed by atoms with Crippen molar-refractivity contribution >= 4 is 55.0 Å². The van der Waals surface area contributed by atoms with Crippen LogP contribution < -0.4 is 10.9 Å². The highest BCUT2D eigenvalue weighted by molar-refractivity contribution is 7.25. The Balaban J connectivity index is 1.71. The minimum atomic E-state index is -0.731. The molecule has 1 amide bonds. The van der Waals surface area contributed by atoms with Gasteiger partial charge in [-0.15, -0.1) is 11.3 Å². The van der Waals surface area contributed by atoms with Gasteiger partial charge in [0.25, 0.3) is 5.56 Å². The van der Waals surface area contributed by atoms with Gasteiger partial charge in [0.1, 0.15) is 15.6 Å². The Bertz CT molecular complexity index is 1250. The molecule has 8 heteroatoms. The lowest BCUT2D eigenvalue weighted by molar-refractivity contribution is -0.118. The minimum Gasteiger partial charge on any atom is -0.324 e. The fourth-order valence-electron chi connectivity index (χ4n) is 2.85. The topological polar surface area (TPSA) is 76.9 Å². The molecule has 4 rings (SSSR count). The van der Waals surface area contributed by atoms with Crippen molar-refractivity contribution < 1.29 is 4.79 Å². The molecule has 3 heterocycles. The first-order valence-corrected chi connectivity index (χ1v) is 9.46. The molecule has 1 N–H and O–H groups in total. The third-order valence-corrected chi connectivity index (χ3v) is 5.76. The molecule has 27 heavy (non-hydrogen) atoms. The molecule has 0 aliphatic carbocycles. The van der Waals surface area contributed by atoms with Crippen molar-refractivity contribution in [1.29, 1.82) is 0 Å². The SMILES string of the molecule is Cc1ccc(Cl)cc1NC(=O)[C@H](C)n1cnc2c(sc3ncccc32)c1=O. The van der Waals surface area contributed by atoms with E-state index in [-0.39, 0.29) is 11.5 Å². The number of aromatic nitrogens is 3. The Morgan fingerprint density at radius 3 is 2.93 bits per heavy atom. The zero-order chi connectivity index (χ0) is 19.1. The van der Waals surface area contributed by atoms with E-state index in [4.69, 9.17) is 11.6 Å². The summed E-state index contributed by atoms with van der Waals surface area (Å²) >= 11 is 7.29. The molecule has 1 aromatic carbocycles. The highest BCUT2D eigenvalue weighted by Gasteiger charge is 2.20. The van der Waals surface area contributed by atoms with Gasteiger partial charge in [-0.1, -0.05) is 17.7 Å². The fraction of sp³-hybridized carbons (Fsp3) is 0.158. The summed E-state index contributed by atoms with van der Waals surface area (Å²) in [7, 11) is 0. The zero-order valence-corrected chi connectivity index (χ0v) is 16.1. The van der Waals surface area contributed by atoms with Crippen molar-refractivity contribution in [2.45, 2.75) is 19.9 Å². The van der Waals surface area contributed by atoms with Crippen LogP contribution in [0.1, 0.15) is 18.5 Å². The van der Waals surface area contributed by atoms with Crippen molar-refractivity contribution in [1.82, 2.24) is 14.5 Å². The lowest BCUT2D eigenvalue weighted by Crippen LogP contribution is -2.31. The summed E-state index contributed by atoms with van der Waals surface area (Å²) in [6, 6.07) is 8.23. The first kappa shape index (κ1) is 17.6. The summed E-state index contributed by atoms with van der Waals surface area (Å²) in [6.45, 7) is 3.54. The van der Waals surface area contributed by atoms with E-state index in [0.29, 0.717) is 20.9 Å². The normalized spacial score (nSPS) is 12.4. The van der Waals surface area contributed by atoms with Crippen molar-refractivity contribution in [3.05, 3.63) is 63.8 Å². The summed E-state index contributed by atoms with van der Waals surface area (Å²) in [6.07, 6.45) is 3.10. The van der Waals surface area contributed by atoms with Crippen LogP contribution in [0.2, 0.25) is 5.02 Å². The molecule has 1 atom stereocenters. The van der Waals surface area contributed by atoms with Gasteiger partial charge in [0.15, 0.2) is 0 Å². The standard InChI is InChI=1S/C19H15ClN4O2S/c1-10-5-6-12(20)8-14(10)23-17(25)11(2)24-9-22-15-13-4-3-7-21-18(13)27-16(15)19(24)26/h3-9,11H,1-2H3,(H,23,25)/t11-/m0/s1. The summed E-state index contributed by atoms with van der Waals surface area (Å²) in [5, 5.41) is 4.20. The first-order valence-electron chi connectivity index (χ1n) is 8.27. The number of benzene rings is 1. The van der Waals surface area contributed by atoms with Gasteiger partial charge in [0.05, 0.1) is 11.8 Å². The van der Waals surface area contributed by atoms with Crippen LogP contribution in [-0.2, 0) is 4.79 Å². The van der Waals surface area contributed by atoms with Crippen molar-refractivity contribution in [3.8, 4) is 0 Å². The molecule has 136 valence electrons. The zero-order valence-electron chi connectivity index (χ0n) is 14.6. The van der Waals surface area contributed by atoms with Crippen molar-refractivity contribution in [2.24, 2.45) is 0 Å². The number of carbonyl (C=O) groups excluding carboxylic acids is 1. The number of thiophene rings is 1. The Labute approximate surface area is 163 Å². The molecule has 3 aromatic heterocycles. The average molecular weight is 399 g/mol. The Morgan fingerprint density at radius 2 is 2.11 bits per heavy atom. The quantitative estimate of drug-likeness (QED) is 0.562. The number of aryl methyl sites for hydroxylation is 1. The predicted molar refractivity (Wildman–Crippen MR) is 109 cm³/mol. The molecule has 6 nitrogen and oxygen atoms in total. The van der Waals surface area contributed by atoms with Gasteiger partial charge < -0.3 is 5.32 Å². The van der Waals surface area contributed by atoms with E-state index >= 15 is 0 Å². The molecule has 0 saturated carbocycles. The Kier molecular flexibility index (Phi) is 4.41. The molecule has 0 aliphatic heterocycles. The molecular weight excluding hydrogens is 384 g/mol. The maximum atomic E-state index is 12.9. The second-order valence-electron chi connectivity index (χ2n) is 6.22. The molecule has 0 aliphatic rings. The van der Waals surface area contributed by atoms with Crippen LogP contribution in [0.4, 0.5) is 5.69 Å². The van der Waals surface area contributed by atoms with Crippen LogP contribution in [0.5, 0.6) is 0 Å². The average Bonchev–Trinajstić information content (AvgIpc) is 3.04. The summed E-state index contributed by atoms with van der Waals surface area (Å²) in [5.41, 5.74) is 1.86. The minimum absolute atomic E-state index is 0.256. The molecule has 0 spiro atoms. The van der Waals surface area contributed by atoms with Gasteiger partial charge >= 0.3 is 0 Å². The number of nitrogens with zero attached hydrogens (tertiary/aromatic N) is 3. The second kappa shape index (κ2) is 6.75.